The van der Waals surface area contributed by atoms with Gasteiger partial charge in [0.15, 0.2) is 0 Å². The summed E-state index contributed by atoms with van der Waals surface area (Å²) in [6.45, 7) is 4.68. The van der Waals surface area contributed by atoms with Crippen LogP contribution in [0, 0.1) is 0 Å². The Balaban J connectivity index is 3.07. The van der Waals surface area contributed by atoms with Crippen LogP contribution in [0.4, 0.5) is 13.2 Å². The van der Waals surface area contributed by atoms with Gasteiger partial charge in [0.05, 0.1) is 12.2 Å². The van der Waals surface area contributed by atoms with Crippen molar-refractivity contribution in [3.05, 3.63) is 29.3 Å². The quantitative estimate of drug-likeness (QED) is 0.853. The molecule has 1 unspecified atom stereocenters. The Kier molecular flexibility index (Phi) is 5.66. The number of alkyl halides is 3. The summed E-state index contributed by atoms with van der Waals surface area (Å²) >= 11 is 0. The Hall–Kier alpha value is -1.23. The predicted octanol–water partition coefficient (Wildman–Crippen LogP) is 3.95. The number of ether oxygens (including phenoxy) is 1. The van der Waals surface area contributed by atoms with Crippen molar-refractivity contribution in [2.24, 2.45) is 5.73 Å². The number of nitrogens with two attached hydrogens (primary N) is 1. The average Bonchev–Trinajstić information content (AvgIpc) is 2.35. The van der Waals surface area contributed by atoms with Gasteiger partial charge in [0.2, 0.25) is 0 Å². The van der Waals surface area contributed by atoms with Gasteiger partial charge in [0, 0.05) is 0 Å². The van der Waals surface area contributed by atoms with Gasteiger partial charge >= 0.3 is 6.18 Å². The molecule has 1 rings (SSSR count). The second-order valence-corrected chi connectivity index (χ2v) is 4.52. The first kappa shape index (κ1) is 15.8. The maximum absolute atomic E-state index is 12.7. The largest absolute Gasteiger partial charge is 0.494 e. The molecule has 0 aliphatic rings. The molecule has 0 aliphatic carbocycles. The highest BCUT2D eigenvalue weighted by Crippen LogP contribution is 2.36. The molecule has 0 heterocycles. The normalized spacial score (nSPS) is 13.4. The molecule has 0 amide bonds. The molecule has 1 aromatic rings. The molecule has 1 aromatic carbocycles. The molecular weight excluding hydrogens is 255 g/mol. The van der Waals surface area contributed by atoms with Crippen LogP contribution < -0.4 is 10.5 Å². The molecule has 0 saturated heterocycles. The number of hydrogen-bond acceptors (Lipinski definition) is 2. The Bertz CT molecular complexity index is 404. The van der Waals surface area contributed by atoms with E-state index in [1.54, 1.807) is 0 Å². The van der Waals surface area contributed by atoms with Crippen LogP contribution in [-0.2, 0) is 6.18 Å². The van der Waals surface area contributed by atoms with Gasteiger partial charge in [0.1, 0.15) is 5.75 Å². The van der Waals surface area contributed by atoms with Crippen molar-refractivity contribution >= 4 is 0 Å². The second kappa shape index (κ2) is 6.80. The van der Waals surface area contributed by atoms with Gasteiger partial charge in [0.25, 0.3) is 0 Å². The molecule has 2 nitrogen and oxygen atoms in total. The van der Waals surface area contributed by atoms with Crippen LogP contribution in [0.25, 0.3) is 0 Å². The van der Waals surface area contributed by atoms with Gasteiger partial charge in [-0.2, -0.15) is 13.2 Å². The summed E-state index contributed by atoms with van der Waals surface area (Å²) in [5, 5.41) is 0. The van der Waals surface area contributed by atoms with Crippen LogP contribution in [0.1, 0.15) is 43.7 Å². The minimum Gasteiger partial charge on any atom is -0.494 e. The fraction of sp³-hybridized carbons (Fsp3) is 0.571. The Morgan fingerprint density at radius 1 is 1.32 bits per heavy atom. The number of hydrogen-bond donors (Lipinski definition) is 1. The van der Waals surface area contributed by atoms with Crippen molar-refractivity contribution in [2.75, 3.05) is 13.2 Å². The lowest BCUT2D eigenvalue weighted by Crippen LogP contribution is -2.09. The van der Waals surface area contributed by atoms with E-state index in [1.807, 2.05) is 13.8 Å². The smallest absolute Gasteiger partial charge is 0.416 e. The van der Waals surface area contributed by atoms with Crippen molar-refractivity contribution in [3.63, 3.8) is 0 Å². The van der Waals surface area contributed by atoms with Crippen LogP contribution in [-0.4, -0.2) is 13.2 Å². The third-order valence-corrected chi connectivity index (χ3v) is 3.01. The van der Waals surface area contributed by atoms with E-state index in [1.165, 1.54) is 12.1 Å². The van der Waals surface area contributed by atoms with E-state index in [4.69, 9.17) is 10.5 Å². The van der Waals surface area contributed by atoms with E-state index in [0.717, 1.165) is 18.9 Å². The fourth-order valence-electron chi connectivity index (χ4n) is 1.98. The molecule has 0 bridgehead atoms. The van der Waals surface area contributed by atoms with Crippen molar-refractivity contribution in [1.29, 1.82) is 0 Å². The minimum absolute atomic E-state index is 0.00704. The average molecular weight is 275 g/mol. The number of rotatable bonds is 6. The molecule has 2 N–H and O–H groups in total. The van der Waals surface area contributed by atoms with Crippen LogP contribution in [0.5, 0.6) is 5.75 Å². The second-order valence-electron chi connectivity index (χ2n) is 4.52. The third-order valence-electron chi connectivity index (χ3n) is 3.01. The molecular formula is C14H20F3NO. The number of benzene rings is 1. The zero-order valence-electron chi connectivity index (χ0n) is 11.3. The zero-order valence-corrected chi connectivity index (χ0v) is 11.3. The molecule has 0 radical (unpaired) electrons. The molecule has 0 aliphatic heterocycles. The first-order valence-corrected chi connectivity index (χ1v) is 6.44. The maximum atomic E-state index is 12.7. The van der Waals surface area contributed by atoms with E-state index in [2.05, 4.69) is 0 Å². The molecule has 0 fully saturated rings. The number of halogens is 3. The highest BCUT2D eigenvalue weighted by molar-refractivity contribution is 5.40. The van der Waals surface area contributed by atoms with Crippen molar-refractivity contribution in [2.45, 2.75) is 38.8 Å². The van der Waals surface area contributed by atoms with E-state index in [-0.39, 0.29) is 5.92 Å². The van der Waals surface area contributed by atoms with Gasteiger partial charge in [-0.1, -0.05) is 6.92 Å². The highest BCUT2D eigenvalue weighted by atomic mass is 19.4. The third kappa shape index (κ3) is 4.42. The summed E-state index contributed by atoms with van der Waals surface area (Å²) < 4.78 is 43.6. The standard InChI is InChI=1S/C14H20F3NO/c1-3-19-13-7-6-11(14(15,16)17)9-12(13)10(2)5-4-8-18/h6-7,9-10H,3-5,8,18H2,1-2H3. The van der Waals surface area contributed by atoms with Crippen LogP contribution in [0.3, 0.4) is 0 Å². The SMILES string of the molecule is CCOc1ccc(C(F)(F)F)cc1C(C)CCCN. The Morgan fingerprint density at radius 3 is 2.53 bits per heavy atom. The molecule has 0 saturated carbocycles. The predicted molar refractivity (Wildman–Crippen MR) is 69.3 cm³/mol. The fourth-order valence-corrected chi connectivity index (χ4v) is 1.98. The first-order valence-electron chi connectivity index (χ1n) is 6.44. The van der Waals surface area contributed by atoms with E-state index < -0.39 is 11.7 Å². The highest BCUT2D eigenvalue weighted by Gasteiger charge is 2.31. The topological polar surface area (TPSA) is 35.2 Å². The zero-order chi connectivity index (χ0) is 14.5. The molecule has 19 heavy (non-hydrogen) atoms. The lowest BCUT2D eigenvalue weighted by Gasteiger charge is -2.18. The van der Waals surface area contributed by atoms with Crippen LogP contribution in [0.2, 0.25) is 0 Å². The Morgan fingerprint density at radius 2 is 2.00 bits per heavy atom. The summed E-state index contributed by atoms with van der Waals surface area (Å²) in [5.74, 6) is 0.521. The van der Waals surface area contributed by atoms with Gasteiger partial charge < -0.3 is 10.5 Å². The first-order chi connectivity index (χ1) is 8.90. The van der Waals surface area contributed by atoms with Crippen LogP contribution >= 0.6 is 0 Å². The molecule has 0 spiro atoms. The molecule has 0 aromatic heterocycles. The van der Waals surface area contributed by atoms with Crippen LogP contribution in [0.15, 0.2) is 18.2 Å². The van der Waals surface area contributed by atoms with Gasteiger partial charge in [-0.05, 0) is 56.0 Å². The van der Waals surface area contributed by atoms with Crippen molar-refractivity contribution < 1.29 is 17.9 Å². The van der Waals surface area contributed by atoms with Crippen molar-refractivity contribution in [1.82, 2.24) is 0 Å². The Labute approximate surface area is 111 Å². The van der Waals surface area contributed by atoms with E-state index >= 15 is 0 Å². The minimum atomic E-state index is -4.33. The van der Waals surface area contributed by atoms with Crippen molar-refractivity contribution in [3.8, 4) is 5.75 Å². The monoisotopic (exact) mass is 275 g/mol. The summed E-state index contributed by atoms with van der Waals surface area (Å²) in [6.07, 6.45) is -2.80. The summed E-state index contributed by atoms with van der Waals surface area (Å²) in [7, 11) is 0. The van der Waals surface area contributed by atoms with Gasteiger partial charge in [-0.15, -0.1) is 0 Å². The lowest BCUT2D eigenvalue weighted by atomic mass is 9.93. The maximum Gasteiger partial charge on any atom is 0.416 e. The summed E-state index contributed by atoms with van der Waals surface area (Å²) in [6, 6.07) is 3.65. The van der Waals surface area contributed by atoms with E-state index in [0.29, 0.717) is 24.5 Å². The molecule has 108 valence electrons. The summed E-state index contributed by atoms with van der Waals surface area (Å²) in [4.78, 5) is 0. The summed E-state index contributed by atoms with van der Waals surface area (Å²) in [5.41, 5.74) is 5.41. The van der Waals surface area contributed by atoms with Gasteiger partial charge in [-0.25, -0.2) is 0 Å². The molecule has 1 atom stereocenters. The van der Waals surface area contributed by atoms with E-state index in [9.17, 15) is 13.2 Å². The van der Waals surface area contributed by atoms with Gasteiger partial charge in [-0.3, -0.25) is 0 Å². The molecule has 5 heteroatoms. The lowest BCUT2D eigenvalue weighted by molar-refractivity contribution is -0.137.